The van der Waals surface area contributed by atoms with Gasteiger partial charge in [0.1, 0.15) is 39.4 Å². The van der Waals surface area contributed by atoms with Gasteiger partial charge in [0.05, 0.1) is 119 Å². The smallest absolute Gasteiger partial charge is 0.296 e. The maximum atomic E-state index is 12.7. The number of aryl methyl sites for hydroxylation is 4. The van der Waals surface area contributed by atoms with Gasteiger partial charge in [0, 0.05) is 49.3 Å². The number of aromatic nitrogens is 6. The Morgan fingerprint density at radius 1 is 0.343 bits per heavy atom. The lowest BCUT2D eigenvalue weighted by molar-refractivity contribution is 0.313. The van der Waals surface area contributed by atoms with Gasteiger partial charge in [0.2, 0.25) is 23.8 Å². The Labute approximate surface area is 805 Å². The standard InChI is InChI=1S/C93H86N26O16S5/c1-6-45-134-85-57-82(119-116-79-41-33-73(54-86(79)136(120)121)112-104-64-15-9-7-10-16-64)61(5)51-83(85)97-93-102-91(101-92(103-93)96-72-32-40-78(60(4)50-72)114-110-68-24-20-66(21-25-68)106-108-70-28-35-75(36-29-70)138(125,126)127)95-44-13-43-94-90-99-88(52-62-19-39-77(58(2)48-62)115-117-80-42-34-74(55-87(80)140(131,132)133)113-105-65-17-11-8-12-18-65)98-89(100-90)53-63-49-59(3)81(56-84(63)135-46-14-47-137(122,123)124)118-111-69-26-22-67(23-27-69)107-109-71-30-37-76(38-31-71)139(128,129)130/h7-12,15-42,48-51,54-57H,6,13-14,43-47,52-53H2,1-5H3,(H,120,121)(H,122,123,124)(H,125,126,127)(H,128,129,130)(H,131,132,133)(H,94,98,99,100)(H3,95,96,97,101,102,103). The van der Waals surface area contributed by atoms with Crippen LogP contribution in [0.15, 0.2) is 356 Å². The van der Waals surface area contributed by atoms with Crippen LogP contribution in [0.4, 0.5) is 126 Å². The molecule has 0 aliphatic rings. The molecule has 0 fully saturated rings. The Hall–Kier alpha value is -16.0. The second kappa shape index (κ2) is 46.2. The van der Waals surface area contributed by atoms with Gasteiger partial charge >= 0.3 is 0 Å². The van der Waals surface area contributed by atoms with Crippen molar-refractivity contribution in [1.82, 2.24) is 29.9 Å². The van der Waals surface area contributed by atoms with Crippen LogP contribution in [0.25, 0.3) is 0 Å². The van der Waals surface area contributed by atoms with Crippen LogP contribution in [-0.4, -0.2) is 123 Å². The normalized spacial score (nSPS) is 12.5. The second-order valence-electron chi connectivity index (χ2n) is 30.7. The van der Waals surface area contributed by atoms with E-state index in [1.807, 2.05) is 50.2 Å². The summed E-state index contributed by atoms with van der Waals surface area (Å²) in [6.07, 6.45) is 1.05. The number of ether oxygens (including phenoxy) is 2. The highest BCUT2D eigenvalue weighted by Gasteiger charge is 2.22. The molecule has 2 heterocycles. The number of benzene rings is 12. The third-order valence-electron chi connectivity index (χ3n) is 19.9. The minimum Gasteiger partial charge on any atom is -0.493 e. The zero-order valence-electron chi connectivity index (χ0n) is 74.9. The van der Waals surface area contributed by atoms with Crippen molar-refractivity contribution in [3.05, 3.63) is 300 Å². The first-order valence-electron chi connectivity index (χ1n) is 42.6. The van der Waals surface area contributed by atoms with Gasteiger partial charge in [-0.05, 0) is 269 Å². The number of nitrogens with zero attached hydrogens (tertiary/aromatic N) is 22. The van der Waals surface area contributed by atoms with Crippen LogP contribution in [0.2, 0.25) is 0 Å². The van der Waals surface area contributed by atoms with E-state index >= 15 is 0 Å². The van der Waals surface area contributed by atoms with E-state index in [0.717, 1.165) is 11.6 Å². The molecule has 9 N–H and O–H groups in total. The molecule has 47 heteroatoms. The van der Waals surface area contributed by atoms with Crippen LogP contribution in [-0.2, 0) is 64.4 Å². The lowest BCUT2D eigenvalue weighted by atomic mass is 10.0. The number of hydrogen-bond acceptors (Lipinski definition) is 37. The molecule has 2 aromatic heterocycles. The minimum atomic E-state index is -4.83. The topological polar surface area (TPSA) is 596 Å². The van der Waals surface area contributed by atoms with E-state index in [2.05, 4.69) is 103 Å². The average Bonchev–Trinajstić information content (AvgIpc) is 0.811. The Bertz CT molecular complexity index is 7660. The van der Waals surface area contributed by atoms with E-state index in [9.17, 15) is 60.6 Å². The zero-order chi connectivity index (χ0) is 98.9. The molecule has 0 saturated heterocycles. The van der Waals surface area contributed by atoms with Crippen molar-refractivity contribution in [3.8, 4) is 11.5 Å². The molecule has 1 atom stereocenters. The van der Waals surface area contributed by atoms with Gasteiger partial charge in [-0.15, -0.1) is 10.2 Å². The molecule has 0 aliphatic heterocycles. The lowest BCUT2D eigenvalue weighted by Gasteiger charge is -2.16. The summed E-state index contributed by atoms with van der Waals surface area (Å²) in [6.45, 7) is 9.79. The van der Waals surface area contributed by atoms with E-state index < -0.39 is 62.2 Å². The van der Waals surface area contributed by atoms with E-state index in [0.29, 0.717) is 138 Å². The highest BCUT2D eigenvalue weighted by molar-refractivity contribution is 7.86. The number of rotatable bonds is 42. The monoisotopic (exact) mass is 1980 g/mol. The fourth-order valence-electron chi connectivity index (χ4n) is 13.0. The first-order valence-corrected chi connectivity index (χ1v) is 49.6. The van der Waals surface area contributed by atoms with Gasteiger partial charge < -0.3 is 35.3 Å². The molecule has 0 bridgehead atoms. The van der Waals surface area contributed by atoms with Gasteiger partial charge in [0.15, 0.2) is 11.1 Å². The van der Waals surface area contributed by atoms with E-state index in [1.165, 1.54) is 72.8 Å². The number of nitrogens with one attached hydrogen (secondary N) is 4. The fourth-order valence-corrected chi connectivity index (χ4v) is 15.6. The molecule has 0 saturated carbocycles. The van der Waals surface area contributed by atoms with Crippen LogP contribution < -0.4 is 30.7 Å². The first-order chi connectivity index (χ1) is 67.2. The van der Waals surface area contributed by atoms with Crippen LogP contribution in [0.1, 0.15) is 71.2 Å². The van der Waals surface area contributed by atoms with Crippen molar-refractivity contribution < 1.29 is 70.1 Å². The van der Waals surface area contributed by atoms with Crippen LogP contribution in [0.3, 0.4) is 0 Å². The van der Waals surface area contributed by atoms with Crippen LogP contribution in [0, 0.1) is 27.7 Å². The summed E-state index contributed by atoms with van der Waals surface area (Å²) in [6, 6.07) is 67.5. The molecule has 714 valence electrons. The predicted molar refractivity (Wildman–Crippen MR) is 524 cm³/mol. The molecule has 0 amide bonds. The van der Waals surface area contributed by atoms with Crippen molar-refractivity contribution in [2.45, 2.75) is 86.3 Å². The fraction of sp³-hybridized carbons (Fsp3) is 0.161. The van der Waals surface area contributed by atoms with Crippen molar-refractivity contribution in [2.75, 3.05) is 53.3 Å². The summed E-state index contributed by atoms with van der Waals surface area (Å²) < 4.78 is 170. The SMILES string of the molecule is CCCOc1cc(N=Nc2ccc(N=Nc3ccccc3)cc2S(=O)O)c(C)cc1Nc1nc(NCCCNc2nc(Cc3ccc(N=Nc4ccc(N=Nc5ccccc5)cc4S(=O)(=O)O)c(C)c3)nc(Cc3cc(C)c(N=Nc4ccc(N=Nc5ccc(S(=O)(=O)O)cc5)cc4)cc3OCCCS(=O)(=O)O)n2)nc(Nc2ccc(N=Nc3ccc(N=Nc4ccc(S(=O)(=O)O)cc4)cc3)c(C)c2)n1. The van der Waals surface area contributed by atoms with Crippen molar-refractivity contribution in [2.24, 2.45) is 81.8 Å². The molecule has 14 aromatic rings. The first kappa shape index (κ1) is 100.0. The van der Waals surface area contributed by atoms with E-state index in [4.69, 9.17) is 39.4 Å². The molecular formula is C93H86N26O16S5. The van der Waals surface area contributed by atoms with Gasteiger partial charge in [-0.2, -0.15) is 130 Å². The van der Waals surface area contributed by atoms with Gasteiger partial charge in [-0.3, -0.25) is 18.2 Å². The quantitative estimate of drug-likeness (QED) is 0.00742. The molecular weight excluding hydrogens is 1900 g/mol. The maximum Gasteiger partial charge on any atom is 0.296 e. The number of hydrogen-bond donors (Lipinski definition) is 9. The van der Waals surface area contributed by atoms with Crippen molar-refractivity contribution in [3.63, 3.8) is 0 Å². The van der Waals surface area contributed by atoms with Gasteiger partial charge in [-0.25, -0.2) is 9.19 Å². The average molecular weight is 1980 g/mol. The third-order valence-corrected chi connectivity index (χ3v) is 24.1. The summed E-state index contributed by atoms with van der Waals surface area (Å²) in [5.74, 6) is 1.05. The van der Waals surface area contributed by atoms with Crippen molar-refractivity contribution in [1.29, 1.82) is 0 Å². The Morgan fingerprint density at radius 3 is 1.26 bits per heavy atom. The lowest BCUT2D eigenvalue weighted by Crippen LogP contribution is -2.15. The molecule has 14 rings (SSSR count). The Morgan fingerprint density at radius 2 is 0.743 bits per heavy atom. The van der Waals surface area contributed by atoms with Gasteiger partial charge in [0.25, 0.3) is 40.5 Å². The summed E-state index contributed by atoms with van der Waals surface area (Å²) in [5, 5.41) is 82.4. The van der Waals surface area contributed by atoms with E-state index in [1.54, 1.807) is 160 Å². The molecule has 12 aromatic carbocycles. The molecule has 0 radical (unpaired) electrons. The maximum absolute atomic E-state index is 12.7. The van der Waals surface area contributed by atoms with Crippen LogP contribution >= 0.6 is 0 Å². The molecule has 140 heavy (non-hydrogen) atoms. The summed E-state index contributed by atoms with van der Waals surface area (Å²) in [4.78, 5) is 28.1. The molecule has 1 unspecified atom stereocenters. The molecule has 0 spiro atoms. The summed E-state index contributed by atoms with van der Waals surface area (Å²) in [5.41, 5.74) is 10.5. The van der Waals surface area contributed by atoms with Crippen LogP contribution in [0.5, 0.6) is 11.5 Å². The summed E-state index contributed by atoms with van der Waals surface area (Å²) in [7, 11) is -18.0. The Balaban J connectivity index is 0.736. The number of azo groups is 8. The zero-order valence-corrected chi connectivity index (χ0v) is 79.0. The second-order valence-corrected chi connectivity index (χ2v) is 37.5. The Kier molecular flexibility index (Phi) is 33.0. The van der Waals surface area contributed by atoms with Crippen molar-refractivity contribution >= 4 is 178 Å². The molecule has 0 aliphatic carbocycles. The third kappa shape index (κ3) is 29.5. The minimum absolute atomic E-state index is 0.0108. The molecule has 42 nitrogen and oxygen atoms in total. The highest BCUT2D eigenvalue weighted by atomic mass is 32.2. The highest BCUT2D eigenvalue weighted by Crippen LogP contribution is 2.41. The summed E-state index contributed by atoms with van der Waals surface area (Å²) >= 11 is -2.49. The van der Waals surface area contributed by atoms with E-state index in [-0.39, 0.29) is 113 Å². The predicted octanol–water partition coefficient (Wildman–Crippen LogP) is 25.0. The van der Waals surface area contributed by atoms with Gasteiger partial charge in [-0.1, -0.05) is 55.5 Å². The largest absolute Gasteiger partial charge is 0.493 e. The number of anilines is 6.